The summed E-state index contributed by atoms with van der Waals surface area (Å²) < 4.78 is 5.69. The van der Waals surface area contributed by atoms with Crippen LogP contribution in [0.3, 0.4) is 0 Å². The number of ether oxygens (including phenoxy) is 1. The van der Waals surface area contributed by atoms with Gasteiger partial charge in [0.2, 0.25) is 5.91 Å². The van der Waals surface area contributed by atoms with Gasteiger partial charge in [-0.05, 0) is 30.0 Å². The molecule has 0 fully saturated rings. The van der Waals surface area contributed by atoms with Crippen molar-refractivity contribution < 1.29 is 9.53 Å². The number of nitrogens with one attached hydrogen (secondary N) is 2. The molecule has 2 aromatic carbocycles. The highest BCUT2D eigenvalue weighted by Crippen LogP contribution is 2.22. The number of benzene rings is 2. The van der Waals surface area contributed by atoms with Gasteiger partial charge in [0, 0.05) is 39.1 Å². The quantitative estimate of drug-likeness (QED) is 0.360. The van der Waals surface area contributed by atoms with E-state index in [0.717, 1.165) is 32.0 Å². The SMILES string of the molecule is CCNC(=NCCCC(=O)N1Cc2ccccc2C1)NCCOCc1ccccc1. The smallest absolute Gasteiger partial charge is 0.223 e. The zero-order valence-corrected chi connectivity index (χ0v) is 17.8. The van der Waals surface area contributed by atoms with Gasteiger partial charge in [0.05, 0.1) is 13.2 Å². The Labute approximate surface area is 179 Å². The molecule has 6 nitrogen and oxygen atoms in total. The third-order valence-electron chi connectivity index (χ3n) is 5.01. The summed E-state index contributed by atoms with van der Waals surface area (Å²) in [4.78, 5) is 19.0. The van der Waals surface area contributed by atoms with Crippen molar-refractivity contribution in [2.24, 2.45) is 4.99 Å². The van der Waals surface area contributed by atoms with Gasteiger partial charge in [-0.3, -0.25) is 9.79 Å². The van der Waals surface area contributed by atoms with Crippen LogP contribution in [0.15, 0.2) is 59.6 Å². The highest BCUT2D eigenvalue weighted by Gasteiger charge is 2.22. The molecule has 0 aliphatic carbocycles. The molecular formula is C24H32N4O2. The predicted octanol–water partition coefficient (Wildman–Crippen LogP) is 3.08. The first-order valence-corrected chi connectivity index (χ1v) is 10.7. The number of hydrogen-bond acceptors (Lipinski definition) is 3. The molecule has 30 heavy (non-hydrogen) atoms. The number of hydrogen-bond donors (Lipinski definition) is 2. The molecule has 1 heterocycles. The van der Waals surface area contributed by atoms with Gasteiger partial charge in [0.1, 0.15) is 0 Å². The maximum atomic E-state index is 12.5. The molecule has 2 N–H and O–H groups in total. The minimum atomic E-state index is 0.202. The number of fused-ring (bicyclic) bond motifs is 1. The van der Waals surface area contributed by atoms with Crippen LogP contribution in [0.4, 0.5) is 0 Å². The first-order valence-electron chi connectivity index (χ1n) is 10.7. The number of carbonyl (C=O) groups excluding carboxylic acids is 1. The fourth-order valence-electron chi connectivity index (χ4n) is 3.44. The van der Waals surface area contributed by atoms with Crippen molar-refractivity contribution in [3.63, 3.8) is 0 Å². The second kappa shape index (κ2) is 12.0. The third-order valence-corrected chi connectivity index (χ3v) is 5.01. The van der Waals surface area contributed by atoms with E-state index >= 15 is 0 Å². The van der Waals surface area contributed by atoms with E-state index in [9.17, 15) is 4.79 Å². The van der Waals surface area contributed by atoms with Gasteiger partial charge >= 0.3 is 0 Å². The van der Waals surface area contributed by atoms with E-state index in [1.807, 2.05) is 42.2 Å². The Balaban J connectivity index is 1.32. The minimum absolute atomic E-state index is 0.202. The van der Waals surface area contributed by atoms with Crippen LogP contribution in [0.25, 0.3) is 0 Å². The summed E-state index contributed by atoms with van der Waals surface area (Å²) in [5.41, 5.74) is 3.69. The average Bonchev–Trinajstić information content (AvgIpc) is 3.21. The van der Waals surface area contributed by atoms with Gasteiger partial charge < -0.3 is 20.3 Å². The molecular weight excluding hydrogens is 376 g/mol. The molecule has 0 atom stereocenters. The first kappa shape index (κ1) is 21.8. The van der Waals surface area contributed by atoms with Crippen molar-refractivity contribution in [3.8, 4) is 0 Å². The molecule has 0 spiro atoms. The second-order valence-corrected chi connectivity index (χ2v) is 7.35. The normalized spacial score (nSPS) is 13.2. The molecule has 160 valence electrons. The topological polar surface area (TPSA) is 66.0 Å². The summed E-state index contributed by atoms with van der Waals surface area (Å²) >= 11 is 0. The van der Waals surface area contributed by atoms with Crippen LogP contribution >= 0.6 is 0 Å². The van der Waals surface area contributed by atoms with Crippen LogP contribution < -0.4 is 10.6 Å². The van der Waals surface area contributed by atoms with Crippen molar-refractivity contribution in [1.82, 2.24) is 15.5 Å². The fourth-order valence-corrected chi connectivity index (χ4v) is 3.44. The third kappa shape index (κ3) is 6.88. The van der Waals surface area contributed by atoms with E-state index in [-0.39, 0.29) is 5.91 Å². The summed E-state index contributed by atoms with van der Waals surface area (Å²) in [5, 5.41) is 6.51. The van der Waals surface area contributed by atoms with Gasteiger partial charge in [-0.1, -0.05) is 54.6 Å². The number of carbonyl (C=O) groups is 1. The summed E-state index contributed by atoms with van der Waals surface area (Å²) in [5.74, 6) is 0.968. The standard InChI is InChI=1S/C24H32N4O2/c1-2-25-24(27-15-16-30-19-20-9-4-3-5-10-20)26-14-8-13-23(29)28-17-21-11-6-7-12-22(21)18-28/h3-7,9-12H,2,8,13-19H2,1H3,(H2,25,26,27). The van der Waals surface area contributed by atoms with Crippen molar-refractivity contribution in [3.05, 3.63) is 71.3 Å². The average molecular weight is 409 g/mol. The number of aliphatic imine (C=N–C) groups is 1. The van der Waals surface area contributed by atoms with E-state index in [4.69, 9.17) is 4.74 Å². The lowest BCUT2D eigenvalue weighted by Gasteiger charge is -2.15. The molecule has 0 unspecified atom stereocenters. The zero-order chi connectivity index (χ0) is 21.0. The van der Waals surface area contributed by atoms with Crippen LogP contribution in [0.1, 0.15) is 36.5 Å². The highest BCUT2D eigenvalue weighted by atomic mass is 16.5. The number of nitrogens with zero attached hydrogens (tertiary/aromatic N) is 2. The summed E-state index contributed by atoms with van der Waals surface area (Å²) in [6.07, 6.45) is 1.27. The Hall–Kier alpha value is -2.86. The lowest BCUT2D eigenvalue weighted by atomic mass is 10.1. The van der Waals surface area contributed by atoms with E-state index in [2.05, 4.69) is 39.9 Å². The predicted molar refractivity (Wildman–Crippen MR) is 120 cm³/mol. The molecule has 0 bridgehead atoms. The fraction of sp³-hybridized carbons (Fsp3) is 0.417. The van der Waals surface area contributed by atoms with E-state index in [0.29, 0.717) is 32.7 Å². The van der Waals surface area contributed by atoms with Crippen molar-refractivity contribution in [2.45, 2.75) is 39.5 Å². The molecule has 6 heteroatoms. The Morgan fingerprint density at radius 1 is 1.03 bits per heavy atom. The molecule has 1 amide bonds. The van der Waals surface area contributed by atoms with Crippen LogP contribution in [0.5, 0.6) is 0 Å². The van der Waals surface area contributed by atoms with E-state index in [1.54, 1.807) is 0 Å². The Morgan fingerprint density at radius 2 is 1.73 bits per heavy atom. The Bertz CT molecular complexity index is 798. The van der Waals surface area contributed by atoms with Gasteiger partial charge in [0.25, 0.3) is 0 Å². The molecule has 2 aromatic rings. The molecule has 0 saturated carbocycles. The van der Waals surface area contributed by atoms with Gasteiger partial charge in [-0.2, -0.15) is 0 Å². The van der Waals surface area contributed by atoms with Gasteiger partial charge in [-0.15, -0.1) is 0 Å². The van der Waals surface area contributed by atoms with Crippen molar-refractivity contribution >= 4 is 11.9 Å². The molecule has 1 aliphatic rings. The maximum Gasteiger partial charge on any atom is 0.223 e. The van der Waals surface area contributed by atoms with Crippen molar-refractivity contribution in [2.75, 3.05) is 26.2 Å². The highest BCUT2D eigenvalue weighted by molar-refractivity contribution is 5.80. The molecule has 0 aromatic heterocycles. The summed E-state index contributed by atoms with van der Waals surface area (Å²) in [6.45, 7) is 6.80. The Morgan fingerprint density at radius 3 is 2.43 bits per heavy atom. The number of amides is 1. The zero-order valence-electron chi connectivity index (χ0n) is 17.8. The molecule has 0 radical (unpaired) electrons. The van der Waals surface area contributed by atoms with E-state index < -0.39 is 0 Å². The summed E-state index contributed by atoms with van der Waals surface area (Å²) in [7, 11) is 0. The van der Waals surface area contributed by atoms with Gasteiger partial charge in [0.15, 0.2) is 5.96 Å². The summed E-state index contributed by atoms with van der Waals surface area (Å²) in [6, 6.07) is 18.4. The second-order valence-electron chi connectivity index (χ2n) is 7.35. The minimum Gasteiger partial charge on any atom is -0.375 e. The Kier molecular flexibility index (Phi) is 8.72. The monoisotopic (exact) mass is 408 g/mol. The molecule has 3 rings (SSSR count). The van der Waals surface area contributed by atoms with E-state index in [1.165, 1.54) is 16.7 Å². The lowest BCUT2D eigenvalue weighted by molar-refractivity contribution is -0.131. The first-order chi connectivity index (χ1) is 14.8. The van der Waals surface area contributed by atoms with Crippen LogP contribution in [0.2, 0.25) is 0 Å². The van der Waals surface area contributed by atoms with Crippen LogP contribution in [0, 0.1) is 0 Å². The number of rotatable bonds is 10. The van der Waals surface area contributed by atoms with Crippen molar-refractivity contribution in [1.29, 1.82) is 0 Å². The maximum absolute atomic E-state index is 12.5. The van der Waals surface area contributed by atoms with Gasteiger partial charge in [-0.25, -0.2) is 0 Å². The lowest BCUT2D eigenvalue weighted by Crippen LogP contribution is -2.39. The largest absolute Gasteiger partial charge is 0.375 e. The van der Waals surface area contributed by atoms with Crippen LogP contribution in [-0.4, -0.2) is 43.0 Å². The molecule has 0 saturated heterocycles. The van der Waals surface area contributed by atoms with Crippen LogP contribution in [-0.2, 0) is 29.2 Å². The molecule has 1 aliphatic heterocycles. The number of guanidine groups is 1.